The quantitative estimate of drug-likeness (QED) is 0.807. The van der Waals surface area contributed by atoms with Crippen molar-refractivity contribution in [3.05, 3.63) is 36.5 Å². The highest BCUT2D eigenvalue weighted by atomic mass is 32.1. The third kappa shape index (κ3) is 2.48. The van der Waals surface area contributed by atoms with E-state index >= 15 is 0 Å². The van der Waals surface area contributed by atoms with E-state index in [2.05, 4.69) is 27.1 Å². The van der Waals surface area contributed by atoms with Gasteiger partial charge in [0.1, 0.15) is 0 Å². The van der Waals surface area contributed by atoms with Crippen molar-refractivity contribution in [2.75, 3.05) is 24.6 Å². The van der Waals surface area contributed by atoms with Gasteiger partial charge in [-0.3, -0.25) is 0 Å². The Labute approximate surface area is 132 Å². The summed E-state index contributed by atoms with van der Waals surface area (Å²) in [5, 5.41) is 15.0. The lowest BCUT2D eigenvalue weighted by atomic mass is 10.00. The van der Waals surface area contributed by atoms with Crippen LogP contribution in [0.25, 0.3) is 16.2 Å². The highest BCUT2D eigenvalue weighted by Gasteiger charge is 2.22. The highest BCUT2D eigenvalue weighted by Crippen LogP contribution is 2.29. The number of anilines is 1. The SMILES string of the molecule is OC[C@@H]1CCCN(c2nn3cc(-c4ccccc4)nc3s2)C1. The molecule has 3 heterocycles. The van der Waals surface area contributed by atoms with Crippen molar-refractivity contribution in [2.24, 2.45) is 5.92 Å². The summed E-state index contributed by atoms with van der Waals surface area (Å²) in [4.78, 5) is 7.87. The Hall–Kier alpha value is -1.92. The number of rotatable bonds is 3. The van der Waals surface area contributed by atoms with Crippen LogP contribution in [0.15, 0.2) is 36.5 Å². The summed E-state index contributed by atoms with van der Waals surface area (Å²) in [5.74, 6) is 0.366. The first-order valence-corrected chi connectivity index (χ1v) is 8.42. The van der Waals surface area contributed by atoms with Gasteiger partial charge in [0.2, 0.25) is 10.1 Å². The molecule has 1 aliphatic rings. The second-order valence-corrected chi connectivity index (χ2v) is 6.68. The van der Waals surface area contributed by atoms with Gasteiger partial charge in [-0.1, -0.05) is 41.7 Å². The van der Waals surface area contributed by atoms with Crippen molar-refractivity contribution in [3.8, 4) is 11.3 Å². The minimum Gasteiger partial charge on any atom is -0.396 e. The summed E-state index contributed by atoms with van der Waals surface area (Å²) in [6.45, 7) is 2.16. The van der Waals surface area contributed by atoms with Gasteiger partial charge in [-0.25, -0.2) is 9.50 Å². The maximum absolute atomic E-state index is 9.36. The van der Waals surface area contributed by atoms with Crippen LogP contribution in [0.3, 0.4) is 0 Å². The van der Waals surface area contributed by atoms with Gasteiger partial charge in [0.15, 0.2) is 0 Å². The molecule has 0 aliphatic carbocycles. The molecule has 6 heteroatoms. The molecule has 2 aromatic heterocycles. The fraction of sp³-hybridized carbons (Fsp3) is 0.375. The molecule has 0 spiro atoms. The van der Waals surface area contributed by atoms with Gasteiger partial charge in [-0.05, 0) is 18.8 Å². The van der Waals surface area contributed by atoms with Crippen molar-refractivity contribution in [1.82, 2.24) is 14.6 Å². The van der Waals surface area contributed by atoms with Gasteiger partial charge in [0, 0.05) is 25.3 Å². The van der Waals surface area contributed by atoms with Crippen LogP contribution < -0.4 is 4.90 Å². The molecule has 114 valence electrons. The number of hydrogen-bond acceptors (Lipinski definition) is 5. The molecule has 4 rings (SSSR count). The zero-order valence-corrected chi connectivity index (χ0v) is 13.0. The Morgan fingerprint density at radius 1 is 1.27 bits per heavy atom. The average molecular weight is 314 g/mol. The number of hydrogen-bond donors (Lipinski definition) is 1. The number of piperidine rings is 1. The summed E-state index contributed by atoms with van der Waals surface area (Å²) < 4.78 is 1.87. The zero-order chi connectivity index (χ0) is 14.9. The van der Waals surface area contributed by atoms with Crippen molar-refractivity contribution >= 4 is 21.4 Å². The van der Waals surface area contributed by atoms with Crippen LogP contribution in [0.5, 0.6) is 0 Å². The predicted octanol–water partition coefficient (Wildman–Crippen LogP) is 2.67. The van der Waals surface area contributed by atoms with Crippen LogP contribution in [0.4, 0.5) is 5.13 Å². The van der Waals surface area contributed by atoms with E-state index in [0.29, 0.717) is 5.92 Å². The smallest absolute Gasteiger partial charge is 0.214 e. The molecule has 0 radical (unpaired) electrons. The molecule has 5 nitrogen and oxygen atoms in total. The largest absolute Gasteiger partial charge is 0.396 e. The maximum Gasteiger partial charge on any atom is 0.214 e. The minimum atomic E-state index is 0.261. The van der Waals surface area contributed by atoms with Crippen LogP contribution >= 0.6 is 11.3 Å². The third-order valence-electron chi connectivity index (χ3n) is 4.15. The Balaban J connectivity index is 1.61. The van der Waals surface area contributed by atoms with Crippen LogP contribution in [-0.2, 0) is 0 Å². The van der Waals surface area contributed by atoms with E-state index in [1.54, 1.807) is 11.3 Å². The number of nitrogens with zero attached hydrogens (tertiary/aromatic N) is 4. The van der Waals surface area contributed by atoms with Crippen LogP contribution in [-0.4, -0.2) is 39.4 Å². The first-order valence-electron chi connectivity index (χ1n) is 7.61. The van der Waals surface area contributed by atoms with Crippen LogP contribution in [0, 0.1) is 5.92 Å². The lowest BCUT2D eigenvalue weighted by molar-refractivity contribution is 0.208. The average Bonchev–Trinajstić information content (AvgIpc) is 3.14. The van der Waals surface area contributed by atoms with Gasteiger partial charge in [-0.2, -0.15) is 0 Å². The summed E-state index contributed by atoms with van der Waals surface area (Å²) in [7, 11) is 0. The number of fused-ring (bicyclic) bond motifs is 1. The Morgan fingerprint density at radius 2 is 2.14 bits per heavy atom. The van der Waals surface area contributed by atoms with Crippen molar-refractivity contribution in [2.45, 2.75) is 12.8 Å². The molecule has 22 heavy (non-hydrogen) atoms. The van der Waals surface area contributed by atoms with Crippen LogP contribution in [0.2, 0.25) is 0 Å². The van der Waals surface area contributed by atoms with Crippen molar-refractivity contribution in [1.29, 1.82) is 0 Å². The topological polar surface area (TPSA) is 53.7 Å². The molecule has 3 aromatic rings. The molecule has 0 unspecified atom stereocenters. The molecule has 0 saturated carbocycles. The lowest BCUT2D eigenvalue weighted by Gasteiger charge is -2.31. The van der Waals surface area contributed by atoms with Gasteiger partial charge in [0.25, 0.3) is 0 Å². The molecular formula is C16H18N4OS. The maximum atomic E-state index is 9.36. The fourth-order valence-electron chi connectivity index (χ4n) is 2.95. The van der Waals surface area contributed by atoms with Crippen LogP contribution in [0.1, 0.15) is 12.8 Å². The molecule has 1 fully saturated rings. The summed E-state index contributed by atoms with van der Waals surface area (Å²) in [6, 6.07) is 10.2. The number of aliphatic hydroxyl groups excluding tert-OH is 1. The van der Waals surface area contributed by atoms with E-state index in [1.807, 2.05) is 28.9 Å². The Morgan fingerprint density at radius 3 is 2.91 bits per heavy atom. The van der Waals surface area contributed by atoms with Gasteiger partial charge in [-0.15, -0.1) is 5.10 Å². The second kappa shape index (κ2) is 5.70. The molecule has 1 atom stereocenters. The summed E-state index contributed by atoms with van der Waals surface area (Å²) in [6.07, 6.45) is 4.20. The highest BCUT2D eigenvalue weighted by molar-refractivity contribution is 7.20. The van der Waals surface area contributed by atoms with Gasteiger partial charge >= 0.3 is 0 Å². The van der Waals surface area contributed by atoms with Gasteiger partial charge in [0.05, 0.1) is 11.9 Å². The normalized spacial score (nSPS) is 19.0. The monoisotopic (exact) mass is 314 g/mol. The predicted molar refractivity (Wildman–Crippen MR) is 88.3 cm³/mol. The van der Waals surface area contributed by atoms with Gasteiger partial charge < -0.3 is 10.0 Å². The third-order valence-corrected chi connectivity index (χ3v) is 5.13. The molecule has 1 saturated heterocycles. The van der Waals surface area contributed by atoms with E-state index in [0.717, 1.165) is 47.3 Å². The summed E-state index contributed by atoms with van der Waals surface area (Å²) in [5.41, 5.74) is 2.07. The number of aliphatic hydroxyl groups is 1. The van der Waals surface area contributed by atoms with E-state index in [-0.39, 0.29) is 6.61 Å². The number of imidazole rings is 1. The second-order valence-electron chi connectivity index (χ2n) is 5.74. The minimum absolute atomic E-state index is 0.261. The lowest BCUT2D eigenvalue weighted by Crippen LogP contribution is -2.36. The van der Waals surface area contributed by atoms with E-state index in [1.165, 1.54) is 0 Å². The van der Waals surface area contributed by atoms with E-state index < -0.39 is 0 Å². The molecule has 0 amide bonds. The molecule has 1 N–H and O–H groups in total. The fourth-order valence-corrected chi connectivity index (χ4v) is 3.87. The number of aromatic nitrogens is 3. The van der Waals surface area contributed by atoms with E-state index in [4.69, 9.17) is 0 Å². The molecule has 0 bridgehead atoms. The Kier molecular flexibility index (Phi) is 3.56. The molecule has 1 aliphatic heterocycles. The number of benzene rings is 1. The van der Waals surface area contributed by atoms with E-state index in [9.17, 15) is 5.11 Å². The first-order chi connectivity index (χ1) is 10.8. The molecular weight excluding hydrogens is 296 g/mol. The Bertz CT molecular complexity index is 735. The standard InChI is InChI=1S/C16H18N4OS/c21-11-12-5-4-8-19(9-12)16-18-20-10-14(17-15(20)22-16)13-6-2-1-3-7-13/h1-3,6-7,10,12,21H,4-5,8-9,11H2/t12-/m1/s1. The zero-order valence-electron chi connectivity index (χ0n) is 12.2. The first kappa shape index (κ1) is 13.7. The van der Waals surface area contributed by atoms with Crippen molar-refractivity contribution in [3.63, 3.8) is 0 Å². The molecule has 1 aromatic carbocycles. The summed E-state index contributed by atoms with van der Waals surface area (Å²) >= 11 is 1.62. The van der Waals surface area contributed by atoms with Crippen molar-refractivity contribution < 1.29 is 5.11 Å².